The number of hydrogen-bond donors (Lipinski definition) is 2. The number of anilines is 1. The van der Waals surface area contributed by atoms with E-state index < -0.39 is 9.84 Å². The number of nitrogens with two attached hydrogens (primary N) is 1. The summed E-state index contributed by atoms with van der Waals surface area (Å²) in [5.41, 5.74) is 6.40. The Bertz CT molecular complexity index is 454. The topological polar surface area (TPSA) is 84.5 Å². The molecule has 0 saturated carbocycles. The number of sulfone groups is 1. The van der Waals surface area contributed by atoms with Gasteiger partial charge in [-0.15, -0.1) is 0 Å². The molecule has 0 heterocycles. The van der Waals surface area contributed by atoms with Crippen molar-refractivity contribution >= 4 is 21.5 Å². The molecule has 3 N–H and O–H groups in total. The molecule has 0 saturated heterocycles. The molecule has 0 aromatic heterocycles. The maximum absolute atomic E-state index is 10.8. The van der Waals surface area contributed by atoms with Gasteiger partial charge in [-0.2, -0.15) is 0 Å². The first-order chi connectivity index (χ1) is 7.47. The van der Waals surface area contributed by atoms with Gasteiger partial charge in [0.2, 0.25) is 0 Å². The molecule has 0 spiro atoms. The van der Waals surface area contributed by atoms with Crippen LogP contribution >= 0.6 is 0 Å². The molecule has 1 rings (SSSR count). The summed E-state index contributed by atoms with van der Waals surface area (Å²) in [6.07, 6.45) is 1.17. The van der Waals surface area contributed by atoms with E-state index in [0.29, 0.717) is 0 Å². The summed E-state index contributed by atoms with van der Waals surface area (Å²) in [5, 5.41) is 2.86. The number of aliphatic imine (C=N–C) groups is 1. The second-order valence-corrected chi connectivity index (χ2v) is 5.65. The smallest absolute Gasteiger partial charge is 0.193 e. The lowest BCUT2D eigenvalue weighted by molar-refractivity contribution is 0.601. The Morgan fingerprint density at radius 3 is 2.56 bits per heavy atom. The zero-order chi connectivity index (χ0) is 12.0. The Balaban J connectivity index is 2.47. The molecule has 6 heteroatoms. The molecule has 0 amide bonds. The highest BCUT2D eigenvalue weighted by molar-refractivity contribution is 7.90. The van der Waals surface area contributed by atoms with Crippen LogP contribution in [0.2, 0.25) is 0 Å². The molecule has 16 heavy (non-hydrogen) atoms. The number of guanidine groups is 1. The fourth-order valence-electron chi connectivity index (χ4n) is 1.04. The molecular weight excluding hydrogens is 226 g/mol. The lowest BCUT2D eigenvalue weighted by Gasteiger charge is -2.04. The zero-order valence-electron chi connectivity index (χ0n) is 9.05. The second kappa shape index (κ2) is 5.50. The fourth-order valence-corrected chi connectivity index (χ4v) is 1.46. The van der Waals surface area contributed by atoms with Crippen molar-refractivity contribution in [3.63, 3.8) is 0 Å². The van der Waals surface area contributed by atoms with E-state index in [2.05, 4.69) is 10.3 Å². The second-order valence-electron chi connectivity index (χ2n) is 3.39. The number of benzene rings is 1. The third-order valence-corrected chi connectivity index (χ3v) is 2.71. The van der Waals surface area contributed by atoms with Crippen molar-refractivity contribution in [3.05, 3.63) is 30.3 Å². The van der Waals surface area contributed by atoms with Gasteiger partial charge in [-0.3, -0.25) is 4.99 Å². The Labute approximate surface area is 95.3 Å². The van der Waals surface area contributed by atoms with E-state index in [1.54, 1.807) is 0 Å². The molecule has 0 aliphatic rings. The van der Waals surface area contributed by atoms with Crippen molar-refractivity contribution in [2.24, 2.45) is 10.7 Å². The van der Waals surface area contributed by atoms with Crippen LogP contribution in [0.5, 0.6) is 0 Å². The molecule has 0 aliphatic heterocycles. The van der Waals surface area contributed by atoms with Crippen LogP contribution in [0, 0.1) is 0 Å². The van der Waals surface area contributed by atoms with Crippen LogP contribution in [0.3, 0.4) is 0 Å². The first-order valence-electron chi connectivity index (χ1n) is 4.77. The summed E-state index contributed by atoms with van der Waals surface area (Å²) >= 11 is 0. The molecule has 0 aliphatic carbocycles. The predicted molar refractivity (Wildman–Crippen MR) is 66.3 cm³/mol. The van der Waals surface area contributed by atoms with Crippen LogP contribution in [-0.2, 0) is 9.84 Å². The van der Waals surface area contributed by atoms with Crippen LogP contribution < -0.4 is 11.1 Å². The van der Waals surface area contributed by atoms with E-state index in [1.165, 1.54) is 6.26 Å². The van der Waals surface area contributed by atoms with E-state index in [1.807, 2.05) is 30.3 Å². The Morgan fingerprint density at radius 2 is 2.00 bits per heavy atom. The Morgan fingerprint density at radius 1 is 1.38 bits per heavy atom. The van der Waals surface area contributed by atoms with E-state index in [9.17, 15) is 8.42 Å². The number of rotatable bonds is 4. The van der Waals surface area contributed by atoms with Crippen LogP contribution in [-0.4, -0.2) is 32.9 Å². The quantitative estimate of drug-likeness (QED) is 0.592. The van der Waals surface area contributed by atoms with Crippen molar-refractivity contribution < 1.29 is 8.42 Å². The normalized spacial score (nSPS) is 12.4. The standard InChI is InChI=1S/C10H15N3O2S/c1-16(14,15)8-7-12-10(11)13-9-5-3-2-4-6-9/h2-6H,7-8H2,1H3,(H3,11,12,13). The number of nitrogens with one attached hydrogen (secondary N) is 1. The van der Waals surface area contributed by atoms with Crippen molar-refractivity contribution in [3.8, 4) is 0 Å². The van der Waals surface area contributed by atoms with E-state index >= 15 is 0 Å². The molecule has 0 radical (unpaired) electrons. The summed E-state index contributed by atoms with van der Waals surface area (Å²) in [6.45, 7) is 0.171. The molecule has 1 aromatic carbocycles. The average molecular weight is 241 g/mol. The lowest BCUT2D eigenvalue weighted by atomic mass is 10.3. The van der Waals surface area contributed by atoms with Gasteiger partial charge in [0.15, 0.2) is 5.96 Å². The Kier molecular flexibility index (Phi) is 4.30. The number of para-hydroxylation sites is 1. The highest BCUT2D eigenvalue weighted by Gasteiger charge is 2.00. The predicted octanol–water partition coefficient (Wildman–Crippen LogP) is 0.458. The van der Waals surface area contributed by atoms with Gasteiger partial charge in [0.25, 0.3) is 0 Å². The minimum absolute atomic E-state index is 0.00414. The fraction of sp³-hybridized carbons (Fsp3) is 0.300. The summed E-state index contributed by atoms with van der Waals surface area (Å²) in [5.74, 6) is 0.222. The number of hydrogen-bond acceptors (Lipinski definition) is 3. The largest absolute Gasteiger partial charge is 0.370 e. The zero-order valence-corrected chi connectivity index (χ0v) is 9.87. The first-order valence-corrected chi connectivity index (χ1v) is 6.83. The monoisotopic (exact) mass is 241 g/mol. The molecule has 0 fully saturated rings. The summed E-state index contributed by atoms with van der Waals surface area (Å²) in [4.78, 5) is 3.91. The van der Waals surface area contributed by atoms with E-state index in [0.717, 1.165) is 5.69 Å². The molecule has 1 aromatic rings. The SMILES string of the molecule is CS(=O)(=O)CCN=C(N)Nc1ccccc1. The van der Waals surface area contributed by atoms with Crippen molar-refractivity contribution in [2.75, 3.05) is 23.9 Å². The van der Waals surface area contributed by atoms with Gasteiger partial charge in [-0.25, -0.2) is 8.42 Å². The van der Waals surface area contributed by atoms with Gasteiger partial charge < -0.3 is 11.1 Å². The molecule has 0 unspecified atom stereocenters. The van der Waals surface area contributed by atoms with Gasteiger partial charge in [-0.05, 0) is 12.1 Å². The molecule has 88 valence electrons. The maximum atomic E-state index is 10.8. The minimum atomic E-state index is -2.98. The molecular formula is C10H15N3O2S. The van der Waals surface area contributed by atoms with Crippen molar-refractivity contribution in [1.82, 2.24) is 0 Å². The summed E-state index contributed by atoms with van der Waals surface area (Å²) < 4.78 is 21.7. The van der Waals surface area contributed by atoms with Crippen LogP contribution in [0.25, 0.3) is 0 Å². The van der Waals surface area contributed by atoms with E-state index in [-0.39, 0.29) is 18.3 Å². The summed E-state index contributed by atoms with van der Waals surface area (Å²) in [6, 6.07) is 9.32. The van der Waals surface area contributed by atoms with Crippen molar-refractivity contribution in [1.29, 1.82) is 0 Å². The van der Waals surface area contributed by atoms with Crippen LogP contribution in [0.15, 0.2) is 35.3 Å². The highest BCUT2D eigenvalue weighted by atomic mass is 32.2. The number of nitrogens with zero attached hydrogens (tertiary/aromatic N) is 1. The van der Waals surface area contributed by atoms with Crippen LogP contribution in [0.1, 0.15) is 0 Å². The molecule has 0 atom stereocenters. The van der Waals surface area contributed by atoms with Gasteiger partial charge in [0.1, 0.15) is 9.84 Å². The average Bonchev–Trinajstić information content (AvgIpc) is 2.17. The summed E-state index contributed by atoms with van der Waals surface area (Å²) in [7, 11) is -2.98. The third kappa shape index (κ3) is 5.35. The van der Waals surface area contributed by atoms with Crippen LogP contribution in [0.4, 0.5) is 5.69 Å². The van der Waals surface area contributed by atoms with Gasteiger partial charge in [-0.1, -0.05) is 18.2 Å². The van der Waals surface area contributed by atoms with Gasteiger partial charge in [0, 0.05) is 11.9 Å². The lowest BCUT2D eigenvalue weighted by Crippen LogP contribution is -2.23. The molecule has 5 nitrogen and oxygen atoms in total. The van der Waals surface area contributed by atoms with Gasteiger partial charge >= 0.3 is 0 Å². The Hall–Kier alpha value is -1.56. The maximum Gasteiger partial charge on any atom is 0.193 e. The third-order valence-electron chi connectivity index (χ3n) is 1.79. The molecule has 0 bridgehead atoms. The highest BCUT2D eigenvalue weighted by Crippen LogP contribution is 2.03. The van der Waals surface area contributed by atoms with Gasteiger partial charge in [0.05, 0.1) is 12.3 Å². The first kappa shape index (κ1) is 12.5. The van der Waals surface area contributed by atoms with E-state index in [4.69, 9.17) is 5.73 Å². The van der Waals surface area contributed by atoms with Crippen molar-refractivity contribution in [2.45, 2.75) is 0 Å². The minimum Gasteiger partial charge on any atom is -0.370 e.